The molecule has 17 heavy (non-hydrogen) atoms. The smallest absolute Gasteiger partial charge is 0.101 e. The summed E-state index contributed by atoms with van der Waals surface area (Å²) in [6.45, 7) is 4.03. The lowest BCUT2D eigenvalue weighted by molar-refractivity contribution is 0.589. The molecule has 1 aromatic carbocycles. The molecule has 0 radical (unpaired) electrons. The second-order valence-corrected chi connectivity index (χ2v) is 4.90. The number of hydrogen-bond acceptors (Lipinski definition) is 3. The first kappa shape index (κ1) is 10.6. The average Bonchev–Trinajstić information content (AvgIpc) is 3.23. The molecule has 1 heterocycles. The van der Waals surface area contributed by atoms with E-state index in [1.54, 1.807) is 0 Å². The van der Waals surface area contributed by atoms with E-state index in [2.05, 4.69) is 28.4 Å². The number of nitrogens with zero attached hydrogens (tertiary/aromatic N) is 2. The first-order valence-corrected chi connectivity index (χ1v) is 6.38. The molecule has 0 unspecified atom stereocenters. The maximum absolute atomic E-state index is 9.20. The molecule has 0 amide bonds. The molecule has 0 bridgehead atoms. The first-order valence-electron chi connectivity index (χ1n) is 6.38. The van der Waals surface area contributed by atoms with Crippen molar-refractivity contribution in [2.24, 2.45) is 0 Å². The van der Waals surface area contributed by atoms with Crippen molar-refractivity contribution in [3.8, 4) is 6.07 Å². The number of nitriles is 1. The van der Waals surface area contributed by atoms with Crippen molar-refractivity contribution in [2.75, 3.05) is 31.1 Å². The van der Waals surface area contributed by atoms with Crippen LogP contribution in [0.1, 0.15) is 29.9 Å². The van der Waals surface area contributed by atoms with Gasteiger partial charge in [-0.3, -0.25) is 0 Å². The summed E-state index contributed by atoms with van der Waals surface area (Å²) in [6, 6.07) is 8.67. The average molecular weight is 227 g/mol. The maximum atomic E-state index is 9.20. The van der Waals surface area contributed by atoms with Crippen LogP contribution in [-0.2, 0) is 0 Å². The number of benzene rings is 1. The lowest BCUT2D eigenvalue weighted by Crippen LogP contribution is -2.43. The molecular formula is C14H17N3. The van der Waals surface area contributed by atoms with E-state index in [1.165, 1.54) is 18.4 Å². The van der Waals surface area contributed by atoms with E-state index in [4.69, 9.17) is 0 Å². The van der Waals surface area contributed by atoms with Crippen LogP contribution in [-0.4, -0.2) is 26.2 Å². The van der Waals surface area contributed by atoms with Crippen molar-refractivity contribution < 1.29 is 0 Å². The molecule has 1 aliphatic heterocycles. The highest BCUT2D eigenvalue weighted by Gasteiger charge is 2.25. The normalized spacial score (nSPS) is 20.1. The molecule has 2 aliphatic rings. The predicted octanol–water partition coefficient (Wildman–Crippen LogP) is 1.85. The summed E-state index contributed by atoms with van der Waals surface area (Å²) in [6.07, 6.45) is 2.62. The SMILES string of the molecule is N#Cc1ccc(C2CC2)cc1N1CCNCC1. The molecule has 0 atom stereocenters. The van der Waals surface area contributed by atoms with E-state index in [-0.39, 0.29) is 0 Å². The molecular weight excluding hydrogens is 210 g/mol. The number of nitrogens with one attached hydrogen (secondary N) is 1. The van der Waals surface area contributed by atoms with E-state index in [0.717, 1.165) is 43.3 Å². The number of piperazine rings is 1. The third-order valence-corrected chi connectivity index (χ3v) is 3.65. The number of anilines is 1. The lowest BCUT2D eigenvalue weighted by atomic mass is 10.0. The van der Waals surface area contributed by atoms with Crippen molar-refractivity contribution in [1.29, 1.82) is 5.26 Å². The van der Waals surface area contributed by atoms with Gasteiger partial charge in [-0.2, -0.15) is 5.26 Å². The molecule has 2 fully saturated rings. The molecule has 0 aromatic heterocycles. The van der Waals surface area contributed by atoms with Gasteiger partial charge in [0.1, 0.15) is 6.07 Å². The topological polar surface area (TPSA) is 39.1 Å². The Bertz CT molecular complexity index is 451. The molecule has 3 nitrogen and oxygen atoms in total. The van der Waals surface area contributed by atoms with Crippen molar-refractivity contribution >= 4 is 5.69 Å². The van der Waals surface area contributed by atoms with Gasteiger partial charge in [0.15, 0.2) is 0 Å². The minimum absolute atomic E-state index is 0.754. The van der Waals surface area contributed by atoms with Gasteiger partial charge in [0.2, 0.25) is 0 Å². The van der Waals surface area contributed by atoms with Crippen LogP contribution in [0.4, 0.5) is 5.69 Å². The van der Waals surface area contributed by atoms with Gasteiger partial charge in [-0.25, -0.2) is 0 Å². The van der Waals surface area contributed by atoms with Gasteiger partial charge in [0.05, 0.1) is 11.3 Å². The third-order valence-electron chi connectivity index (χ3n) is 3.65. The Kier molecular flexibility index (Phi) is 2.74. The largest absolute Gasteiger partial charge is 0.368 e. The zero-order valence-electron chi connectivity index (χ0n) is 9.95. The fraction of sp³-hybridized carbons (Fsp3) is 0.500. The molecule has 3 rings (SSSR count). The van der Waals surface area contributed by atoms with E-state index < -0.39 is 0 Å². The highest BCUT2D eigenvalue weighted by atomic mass is 15.2. The van der Waals surface area contributed by atoms with Crippen molar-refractivity contribution in [3.05, 3.63) is 29.3 Å². The summed E-state index contributed by atoms with van der Waals surface area (Å²) in [5, 5.41) is 12.5. The third kappa shape index (κ3) is 2.13. The van der Waals surface area contributed by atoms with Crippen molar-refractivity contribution in [3.63, 3.8) is 0 Å². The van der Waals surface area contributed by atoms with E-state index >= 15 is 0 Å². The van der Waals surface area contributed by atoms with Gasteiger partial charge in [0, 0.05) is 26.2 Å². The number of rotatable bonds is 2. The summed E-state index contributed by atoms with van der Waals surface area (Å²) in [4.78, 5) is 2.33. The Morgan fingerprint density at radius 3 is 2.65 bits per heavy atom. The second kappa shape index (κ2) is 4.38. The molecule has 3 heteroatoms. The standard InChI is InChI=1S/C14H17N3/c15-10-13-4-3-12(11-1-2-11)9-14(13)17-7-5-16-6-8-17/h3-4,9,11,16H,1-2,5-8H2. The van der Waals surface area contributed by atoms with Gasteiger partial charge >= 0.3 is 0 Å². The summed E-state index contributed by atoms with van der Waals surface area (Å²) in [5.41, 5.74) is 3.37. The van der Waals surface area contributed by atoms with Gasteiger partial charge in [0.25, 0.3) is 0 Å². The molecule has 1 N–H and O–H groups in total. The van der Waals surface area contributed by atoms with Gasteiger partial charge in [-0.15, -0.1) is 0 Å². The summed E-state index contributed by atoms with van der Waals surface area (Å²) < 4.78 is 0. The minimum Gasteiger partial charge on any atom is -0.368 e. The fourth-order valence-electron chi connectivity index (χ4n) is 2.48. The Morgan fingerprint density at radius 1 is 1.24 bits per heavy atom. The Labute approximate surface area is 102 Å². The maximum Gasteiger partial charge on any atom is 0.101 e. The molecule has 1 saturated carbocycles. The predicted molar refractivity (Wildman–Crippen MR) is 68.2 cm³/mol. The van der Waals surface area contributed by atoms with Crippen molar-refractivity contribution in [1.82, 2.24) is 5.32 Å². The van der Waals surface area contributed by atoms with Crippen LogP contribution >= 0.6 is 0 Å². The van der Waals surface area contributed by atoms with Crippen molar-refractivity contribution in [2.45, 2.75) is 18.8 Å². The monoisotopic (exact) mass is 227 g/mol. The van der Waals surface area contributed by atoms with Gasteiger partial charge in [-0.05, 0) is 36.5 Å². The lowest BCUT2D eigenvalue weighted by Gasteiger charge is -2.30. The summed E-state index contributed by atoms with van der Waals surface area (Å²) in [5.74, 6) is 0.754. The molecule has 1 aliphatic carbocycles. The minimum atomic E-state index is 0.754. The molecule has 88 valence electrons. The zero-order chi connectivity index (χ0) is 11.7. The van der Waals surface area contributed by atoms with Gasteiger partial charge < -0.3 is 10.2 Å². The van der Waals surface area contributed by atoms with Gasteiger partial charge in [-0.1, -0.05) is 6.07 Å². The molecule has 0 spiro atoms. The van der Waals surface area contributed by atoms with Crippen LogP contribution in [0.25, 0.3) is 0 Å². The summed E-state index contributed by atoms with van der Waals surface area (Å²) in [7, 11) is 0. The fourth-order valence-corrected chi connectivity index (χ4v) is 2.48. The highest BCUT2D eigenvalue weighted by molar-refractivity contribution is 5.61. The van der Waals surface area contributed by atoms with E-state index in [0.29, 0.717) is 0 Å². The van der Waals surface area contributed by atoms with Crippen LogP contribution in [0.15, 0.2) is 18.2 Å². The van der Waals surface area contributed by atoms with E-state index in [9.17, 15) is 5.26 Å². The number of hydrogen-bond donors (Lipinski definition) is 1. The first-order chi connectivity index (χ1) is 8.38. The molecule has 1 aromatic rings. The highest BCUT2D eigenvalue weighted by Crippen LogP contribution is 2.41. The zero-order valence-corrected chi connectivity index (χ0v) is 9.95. The van der Waals surface area contributed by atoms with Crippen LogP contribution in [0, 0.1) is 11.3 Å². The van der Waals surface area contributed by atoms with E-state index in [1.807, 2.05) is 6.07 Å². The Morgan fingerprint density at radius 2 is 2.00 bits per heavy atom. The molecule has 1 saturated heterocycles. The quantitative estimate of drug-likeness (QED) is 0.838. The van der Waals surface area contributed by atoms with Crippen LogP contribution in [0.3, 0.4) is 0 Å². The summed E-state index contributed by atoms with van der Waals surface area (Å²) >= 11 is 0. The Balaban J connectivity index is 1.93. The Hall–Kier alpha value is -1.53. The van der Waals surface area contributed by atoms with Crippen LogP contribution in [0.5, 0.6) is 0 Å². The second-order valence-electron chi connectivity index (χ2n) is 4.90. The van der Waals surface area contributed by atoms with Crippen LogP contribution < -0.4 is 10.2 Å². The van der Waals surface area contributed by atoms with Crippen LogP contribution in [0.2, 0.25) is 0 Å².